The Bertz CT molecular complexity index is 1120. The number of rotatable bonds is 4. The van der Waals surface area contributed by atoms with Crippen molar-refractivity contribution in [1.82, 2.24) is 14.2 Å². The van der Waals surface area contributed by atoms with E-state index in [1.54, 1.807) is 18.2 Å². The molecular formula is C25H36N4O3S. The highest BCUT2D eigenvalue weighted by Gasteiger charge is 2.33. The predicted octanol–water partition coefficient (Wildman–Crippen LogP) is 3.78. The lowest BCUT2D eigenvalue weighted by Crippen LogP contribution is -2.49. The van der Waals surface area contributed by atoms with E-state index in [0.29, 0.717) is 43.1 Å². The average Bonchev–Trinajstić information content (AvgIpc) is 2.97. The van der Waals surface area contributed by atoms with Gasteiger partial charge in [0.2, 0.25) is 10.0 Å². The summed E-state index contributed by atoms with van der Waals surface area (Å²) < 4.78 is 28.5. The van der Waals surface area contributed by atoms with Crippen molar-refractivity contribution in [2.45, 2.75) is 58.3 Å². The molecule has 33 heavy (non-hydrogen) atoms. The highest BCUT2D eigenvalue weighted by Crippen LogP contribution is 2.29. The molecule has 0 atom stereocenters. The number of H-pyrrole nitrogens is 1. The fourth-order valence-electron chi connectivity index (χ4n) is 5.13. The fourth-order valence-corrected chi connectivity index (χ4v) is 7.06. The third kappa shape index (κ3) is 4.55. The second-order valence-corrected chi connectivity index (χ2v) is 11.3. The van der Waals surface area contributed by atoms with Crippen molar-refractivity contribution >= 4 is 21.6 Å². The monoisotopic (exact) mass is 472 g/mol. The van der Waals surface area contributed by atoms with Crippen LogP contribution in [0.1, 0.15) is 58.6 Å². The van der Waals surface area contributed by atoms with E-state index < -0.39 is 10.0 Å². The minimum atomic E-state index is -3.62. The van der Waals surface area contributed by atoms with E-state index in [9.17, 15) is 13.2 Å². The van der Waals surface area contributed by atoms with Gasteiger partial charge in [-0.15, -0.1) is 0 Å². The third-order valence-electron chi connectivity index (χ3n) is 7.23. The van der Waals surface area contributed by atoms with Gasteiger partial charge in [-0.25, -0.2) is 8.42 Å². The number of carbonyl (C=O) groups is 1. The third-order valence-corrected chi connectivity index (χ3v) is 9.40. The van der Waals surface area contributed by atoms with Gasteiger partial charge in [0.05, 0.1) is 0 Å². The minimum Gasteiger partial charge on any atom is -0.368 e. The van der Waals surface area contributed by atoms with Crippen LogP contribution < -0.4 is 4.90 Å². The molecule has 0 spiro atoms. The minimum absolute atomic E-state index is 0.117. The van der Waals surface area contributed by atoms with Gasteiger partial charge in [-0.1, -0.05) is 25.0 Å². The van der Waals surface area contributed by atoms with Crippen LogP contribution in [0.2, 0.25) is 0 Å². The topological polar surface area (TPSA) is 76.7 Å². The zero-order chi connectivity index (χ0) is 23.8. The standard InChI is InChI=1S/C25H36N4O3S/c1-18-10-9-11-22(19(18)2)27-14-16-28(17-15-27)25(30)23-20(3)24(21(4)26-23)33(31,32)29-12-7-5-6-8-13-29/h9-11,26H,5-8,12-17H2,1-4H3. The number of hydrogen-bond acceptors (Lipinski definition) is 4. The quantitative estimate of drug-likeness (QED) is 0.735. The molecule has 8 heteroatoms. The molecule has 2 fully saturated rings. The number of anilines is 1. The first-order chi connectivity index (χ1) is 15.7. The second-order valence-electron chi connectivity index (χ2n) is 9.40. The van der Waals surface area contributed by atoms with Crippen LogP contribution in [0.15, 0.2) is 23.1 Å². The maximum absolute atomic E-state index is 13.4. The first-order valence-electron chi connectivity index (χ1n) is 12.0. The summed E-state index contributed by atoms with van der Waals surface area (Å²) in [7, 11) is -3.62. The lowest BCUT2D eigenvalue weighted by Gasteiger charge is -2.37. The van der Waals surface area contributed by atoms with Crippen LogP contribution in [-0.4, -0.2) is 67.8 Å². The molecule has 1 aromatic heterocycles. The molecule has 0 unspecified atom stereocenters. The molecule has 2 aliphatic heterocycles. The Morgan fingerprint density at radius 2 is 1.48 bits per heavy atom. The van der Waals surface area contributed by atoms with Crippen molar-refractivity contribution in [1.29, 1.82) is 0 Å². The Labute approximate surface area is 197 Å². The molecule has 0 aliphatic carbocycles. The van der Waals surface area contributed by atoms with Crippen molar-refractivity contribution in [3.05, 3.63) is 46.3 Å². The summed E-state index contributed by atoms with van der Waals surface area (Å²) in [6, 6.07) is 6.33. The highest BCUT2D eigenvalue weighted by atomic mass is 32.2. The summed E-state index contributed by atoms with van der Waals surface area (Å²) in [5, 5.41) is 0. The number of piperazine rings is 1. The molecule has 3 heterocycles. The molecule has 7 nitrogen and oxygen atoms in total. The zero-order valence-corrected chi connectivity index (χ0v) is 21.1. The maximum atomic E-state index is 13.4. The van der Waals surface area contributed by atoms with Crippen molar-refractivity contribution in [3.8, 4) is 0 Å². The number of amides is 1. The number of carbonyl (C=O) groups excluding carboxylic acids is 1. The molecule has 1 aromatic carbocycles. The Hall–Kier alpha value is -2.32. The van der Waals surface area contributed by atoms with Crippen LogP contribution in [-0.2, 0) is 10.0 Å². The largest absolute Gasteiger partial charge is 0.368 e. The summed E-state index contributed by atoms with van der Waals surface area (Å²) in [6.07, 6.45) is 3.90. The molecule has 0 saturated carbocycles. The van der Waals surface area contributed by atoms with Gasteiger partial charge in [0, 0.05) is 50.6 Å². The number of aromatic amines is 1. The van der Waals surface area contributed by atoms with Gasteiger partial charge >= 0.3 is 0 Å². The smallest absolute Gasteiger partial charge is 0.270 e. The highest BCUT2D eigenvalue weighted by molar-refractivity contribution is 7.89. The molecule has 4 rings (SSSR count). The molecule has 0 bridgehead atoms. The van der Waals surface area contributed by atoms with Gasteiger partial charge < -0.3 is 14.8 Å². The molecule has 2 aromatic rings. The molecule has 0 radical (unpaired) electrons. The molecule has 2 saturated heterocycles. The Kier molecular flexibility index (Phi) is 6.86. The van der Waals surface area contributed by atoms with Crippen LogP contribution in [0.4, 0.5) is 5.69 Å². The van der Waals surface area contributed by atoms with E-state index in [1.165, 1.54) is 16.8 Å². The Morgan fingerprint density at radius 3 is 2.12 bits per heavy atom. The second kappa shape index (κ2) is 9.50. The lowest BCUT2D eigenvalue weighted by molar-refractivity contribution is 0.0740. The molecule has 2 aliphatic rings. The Balaban J connectivity index is 1.51. The number of sulfonamides is 1. The van der Waals surface area contributed by atoms with Crippen LogP contribution >= 0.6 is 0 Å². The van der Waals surface area contributed by atoms with Gasteiger partial charge in [0.1, 0.15) is 10.6 Å². The summed E-state index contributed by atoms with van der Waals surface area (Å²) in [5.41, 5.74) is 5.26. The summed E-state index contributed by atoms with van der Waals surface area (Å²) in [4.78, 5) is 20.9. The van der Waals surface area contributed by atoms with Crippen LogP contribution in [0.3, 0.4) is 0 Å². The van der Waals surface area contributed by atoms with Crippen LogP contribution in [0.5, 0.6) is 0 Å². The number of nitrogens with zero attached hydrogens (tertiary/aromatic N) is 3. The first-order valence-corrected chi connectivity index (χ1v) is 13.5. The van der Waals surface area contributed by atoms with E-state index in [2.05, 4.69) is 41.9 Å². The van der Waals surface area contributed by atoms with Crippen molar-refractivity contribution in [2.75, 3.05) is 44.2 Å². The summed E-state index contributed by atoms with van der Waals surface area (Å²) in [6.45, 7) is 11.6. The summed E-state index contributed by atoms with van der Waals surface area (Å²) >= 11 is 0. The van der Waals surface area contributed by atoms with Gasteiger partial charge in [0.25, 0.3) is 5.91 Å². The molecule has 1 amide bonds. The number of nitrogens with one attached hydrogen (secondary N) is 1. The van der Waals surface area contributed by atoms with E-state index >= 15 is 0 Å². The van der Waals surface area contributed by atoms with E-state index in [-0.39, 0.29) is 10.8 Å². The van der Waals surface area contributed by atoms with E-state index in [4.69, 9.17) is 0 Å². The van der Waals surface area contributed by atoms with Gasteiger partial charge in [-0.3, -0.25) is 4.79 Å². The predicted molar refractivity (Wildman–Crippen MR) is 132 cm³/mol. The number of benzene rings is 1. The lowest BCUT2D eigenvalue weighted by atomic mass is 10.1. The molecule has 1 N–H and O–H groups in total. The van der Waals surface area contributed by atoms with Crippen molar-refractivity contribution in [2.24, 2.45) is 0 Å². The number of hydrogen-bond donors (Lipinski definition) is 1. The van der Waals surface area contributed by atoms with Gasteiger partial charge in [-0.05, 0) is 63.3 Å². The first kappa shape index (κ1) is 23.8. The zero-order valence-electron chi connectivity index (χ0n) is 20.3. The van der Waals surface area contributed by atoms with Crippen molar-refractivity contribution < 1.29 is 13.2 Å². The Morgan fingerprint density at radius 1 is 0.848 bits per heavy atom. The maximum Gasteiger partial charge on any atom is 0.270 e. The normalized spacial score (nSPS) is 18.4. The number of aromatic nitrogens is 1. The molecular weight excluding hydrogens is 436 g/mol. The number of aryl methyl sites for hydroxylation is 2. The fraction of sp³-hybridized carbons (Fsp3) is 0.560. The molecule has 180 valence electrons. The van der Waals surface area contributed by atoms with E-state index in [1.807, 2.05) is 4.90 Å². The van der Waals surface area contributed by atoms with Crippen LogP contribution in [0.25, 0.3) is 0 Å². The van der Waals surface area contributed by atoms with Gasteiger partial charge in [0.15, 0.2) is 0 Å². The van der Waals surface area contributed by atoms with Crippen LogP contribution in [0, 0.1) is 27.7 Å². The average molecular weight is 473 g/mol. The summed E-state index contributed by atoms with van der Waals surface area (Å²) in [5.74, 6) is -0.117. The van der Waals surface area contributed by atoms with Crippen molar-refractivity contribution in [3.63, 3.8) is 0 Å². The van der Waals surface area contributed by atoms with Gasteiger partial charge in [-0.2, -0.15) is 4.31 Å². The SMILES string of the molecule is Cc1cccc(N2CCN(C(=O)c3[nH]c(C)c(S(=O)(=O)N4CCCCCC4)c3C)CC2)c1C. The van der Waals surface area contributed by atoms with E-state index in [0.717, 1.165) is 38.8 Å².